The van der Waals surface area contributed by atoms with E-state index in [0.717, 1.165) is 58.3 Å². The van der Waals surface area contributed by atoms with Gasteiger partial charge in [0.2, 0.25) is 0 Å². The number of guanidine groups is 1. The Morgan fingerprint density at radius 3 is 2.39 bits per heavy atom. The van der Waals surface area contributed by atoms with E-state index in [9.17, 15) is 0 Å². The van der Waals surface area contributed by atoms with Gasteiger partial charge < -0.3 is 19.9 Å². The van der Waals surface area contributed by atoms with Gasteiger partial charge in [0.1, 0.15) is 6.10 Å². The number of morpholine rings is 1. The van der Waals surface area contributed by atoms with Crippen molar-refractivity contribution in [2.24, 2.45) is 4.99 Å². The summed E-state index contributed by atoms with van der Waals surface area (Å²) in [4.78, 5) is 11.8. The second kappa shape index (κ2) is 12.7. The highest BCUT2D eigenvalue weighted by molar-refractivity contribution is 14.0. The zero-order valence-electron chi connectivity index (χ0n) is 20.2. The monoisotopic (exact) mass is 563 g/mol. The number of halogens is 1. The fraction of sp³-hybridized carbons (Fsp3) is 0.500. The van der Waals surface area contributed by atoms with E-state index in [-0.39, 0.29) is 30.1 Å². The summed E-state index contributed by atoms with van der Waals surface area (Å²) < 4.78 is 6.08. The minimum atomic E-state index is 0. The van der Waals surface area contributed by atoms with Gasteiger partial charge in [0.25, 0.3) is 0 Å². The number of benzene rings is 2. The van der Waals surface area contributed by atoms with Gasteiger partial charge in [-0.25, -0.2) is 0 Å². The summed E-state index contributed by atoms with van der Waals surface area (Å²) in [6.07, 6.45) is 0.0809. The molecule has 0 bridgehead atoms. The lowest BCUT2D eigenvalue weighted by Gasteiger charge is -2.35. The summed E-state index contributed by atoms with van der Waals surface area (Å²) in [5, 5.41) is 3.55. The lowest BCUT2D eigenvalue weighted by Crippen LogP contribution is -2.48. The number of hydrogen-bond acceptors (Lipinski definition) is 4. The second-order valence-corrected chi connectivity index (χ2v) is 8.96. The van der Waals surface area contributed by atoms with Gasteiger partial charge in [0.15, 0.2) is 5.96 Å². The lowest BCUT2D eigenvalue weighted by atomic mass is 10.0. The van der Waals surface area contributed by atoms with Crippen molar-refractivity contribution in [1.82, 2.24) is 20.0 Å². The molecule has 0 radical (unpaired) electrons. The Balaban J connectivity index is 0.00000306. The maximum atomic E-state index is 6.08. The Labute approximate surface area is 216 Å². The van der Waals surface area contributed by atoms with E-state index in [2.05, 4.69) is 87.5 Å². The van der Waals surface area contributed by atoms with Crippen molar-refractivity contribution in [2.75, 3.05) is 60.0 Å². The smallest absolute Gasteiger partial charge is 0.194 e. The third-order valence-corrected chi connectivity index (χ3v) is 6.59. The Bertz CT molecular complexity index is 896. The van der Waals surface area contributed by atoms with Crippen molar-refractivity contribution >= 4 is 29.9 Å². The Morgan fingerprint density at radius 2 is 1.70 bits per heavy atom. The van der Waals surface area contributed by atoms with Crippen LogP contribution < -0.4 is 5.32 Å². The van der Waals surface area contributed by atoms with Gasteiger partial charge in [-0.3, -0.25) is 9.89 Å². The van der Waals surface area contributed by atoms with Crippen molar-refractivity contribution in [3.63, 3.8) is 0 Å². The number of likely N-dealkylation sites (N-methyl/N-ethyl adjacent to an activating group) is 1. The number of ether oxygens (including phenoxy) is 1. The molecule has 4 rings (SSSR count). The van der Waals surface area contributed by atoms with Crippen molar-refractivity contribution in [1.29, 1.82) is 0 Å². The molecule has 0 saturated carbocycles. The molecule has 7 heteroatoms. The predicted molar refractivity (Wildman–Crippen MR) is 146 cm³/mol. The number of aliphatic imine (C=N–C) groups is 1. The minimum absolute atomic E-state index is 0. The molecular formula is C26H38IN5O. The number of piperazine rings is 1. The molecule has 2 aromatic carbocycles. The van der Waals surface area contributed by atoms with Gasteiger partial charge >= 0.3 is 0 Å². The molecule has 1 atom stereocenters. The average Bonchev–Trinajstić information content (AvgIpc) is 2.82. The van der Waals surface area contributed by atoms with Crippen molar-refractivity contribution in [3.8, 4) is 0 Å². The summed E-state index contributed by atoms with van der Waals surface area (Å²) in [5.74, 6) is 0.938. The summed E-state index contributed by atoms with van der Waals surface area (Å²) >= 11 is 0. The van der Waals surface area contributed by atoms with Gasteiger partial charge in [-0.15, -0.1) is 24.0 Å². The first kappa shape index (κ1) is 25.9. The molecule has 180 valence electrons. The second-order valence-electron chi connectivity index (χ2n) is 8.96. The molecule has 2 fully saturated rings. The quantitative estimate of drug-likeness (QED) is 0.343. The average molecular weight is 564 g/mol. The Kier molecular flexibility index (Phi) is 9.97. The highest BCUT2D eigenvalue weighted by Gasteiger charge is 2.25. The van der Waals surface area contributed by atoms with Crippen LogP contribution in [0.25, 0.3) is 0 Å². The molecule has 1 N–H and O–H groups in total. The van der Waals surface area contributed by atoms with E-state index in [0.29, 0.717) is 6.61 Å². The molecule has 33 heavy (non-hydrogen) atoms. The van der Waals surface area contributed by atoms with Crippen LogP contribution in [-0.4, -0.2) is 80.6 Å². The standard InChI is InChI=1S/C26H37N5O.HI/c1-21-6-4-5-7-24(21)25-20-31(16-17-32-25)26(27-2)28-18-22-8-10-23(11-9-22)19-30-14-12-29(3)13-15-30;/h4-11,25H,12-20H2,1-3H3,(H,27,28);1H. The minimum Gasteiger partial charge on any atom is -0.370 e. The van der Waals surface area contributed by atoms with E-state index in [1.807, 2.05) is 7.05 Å². The largest absolute Gasteiger partial charge is 0.370 e. The van der Waals surface area contributed by atoms with Crippen LogP contribution in [0.1, 0.15) is 28.4 Å². The summed E-state index contributed by atoms with van der Waals surface area (Å²) in [6, 6.07) is 17.5. The summed E-state index contributed by atoms with van der Waals surface area (Å²) in [6.45, 7) is 11.0. The molecule has 2 aromatic rings. The predicted octanol–water partition coefficient (Wildman–Crippen LogP) is 3.51. The molecule has 6 nitrogen and oxygen atoms in total. The number of nitrogens with one attached hydrogen (secondary N) is 1. The molecule has 2 aliphatic heterocycles. The van der Waals surface area contributed by atoms with E-state index >= 15 is 0 Å². The van der Waals surface area contributed by atoms with Crippen LogP contribution in [0.4, 0.5) is 0 Å². The van der Waals surface area contributed by atoms with Gasteiger partial charge in [-0.05, 0) is 36.2 Å². The number of aryl methyl sites for hydroxylation is 1. The van der Waals surface area contributed by atoms with Crippen LogP contribution >= 0.6 is 24.0 Å². The molecule has 0 spiro atoms. The van der Waals surface area contributed by atoms with E-state index < -0.39 is 0 Å². The number of hydrogen-bond donors (Lipinski definition) is 1. The molecule has 0 aromatic heterocycles. The normalized spacial score (nSPS) is 20.4. The zero-order chi connectivity index (χ0) is 22.3. The molecule has 0 aliphatic carbocycles. The fourth-order valence-electron chi connectivity index (χ4n) is 4.52. The summed E-state index contributed by atoms with van der Waals surface area (Å²) in [5.41, 5.74) is 5.21. The van der Waals surface area contributed by atoms with E-state index in [1.54, 1.807) is 0 Å². The number of nitrogens with zero attached hydrogens (tertiary/aromatic N) is 4. The van der Waals surface area contributed by atoms with Crippen LogP contribution in [-0.2, 0) is 17.8 Å². The van der Waals surface area contributed by atoms with Crippen LogP contribution in [0, 0.1) is 6.92 Å². The number of rotatable bonds is 5. The van der Waals surface area contributed by atoms with Crippen molar-refractivity contribution in [3.05, 3.63) is 70.8 Å². The van der Waals surface area contributed by atoms with Gasteiger partial charge in [-0.1, -0.05) is 48.5 Å². The molecule has 1 unspecified atom stereocenters. The van der Waals surface area contributed by atoms with Crippen LogP contribution in [0.5, 0.6) is 0 Å². The molecule has 2 saturated heterocycles. The van der Waals surface area contributed by atoms with Gasteiger partial charge in [0.05, 0.1) is 13.2 Å². The molecular weight excluding hydrogens is 525 g/mol. The van der Waals surface area contributed by atoms with E-state index in [4.69, 9.17) is 4.74 Å². The van der Waals surface area contributed by atoms with Gasteiger partial charge in [0, 0.05) is 52.9 Å². The first-order valence-corrected chi connectivity index (χ1v) is 11.7. The van der Waals surface area contributed by atoms with Crippen molar-refractivity contribution < 1.29 is 4.74 Å². The maximum absolute atomic E-state index is 6.08. The highest BCUT2D eigenvalue weighted by atomic mass is 127. The highest BCUT2D eigenvalue weighted by Crippen LogP contribution is 2.25. The fourth-order valence-corrected chi connectivity index (χ4v) is 4.52. The first-order chi connectivity index (χ1) is 15.6. The Morgan fingerprint density at radius 1 is 1.00 bits per heavy atom. The third-order valence-electron chi connectivity index (χ3n) is 6.59. The summed E-state index contributed by atoms with van der Waals surface area (Å²) in [7, 11) is 4.06. The van der Waals surface area contributed by atoms with E-state index in [1.165, 1.54) is 22.3 Å². The Hall–Kier alpha value is -1.68. The van der Waals surface area contributed by atoms with Gasteiger partial charge in [-0.2, -0.15) is 0 Å². The van der Waals surface area contributed by atoms with Crippen LogP contribution in [0.15, 0.2) is 53.5 Å². The molecule has 2 aliphatic rings. The van der Waals surface area contributed by atoms with Crippen LogP contribution in [0.2, 0.25) is 0 Å². The maximum Gasteiger partial charge on any atom is 0.194 e. The first-order valence-electron chi connectivity index (χ1n) is 11.7. The zero-order valence-corrected chi connectivity index (χ0v) is 22.5. The third kappa shape index (κ3) is 7.15. The topological polar surface area (TPSA) is 43.3 Å². The van der Waals surface area contributed by atoms with Crippen molar-refractivity contribution in [2.45, 2.75) is 26.1 Å². The molecule has 2 heterocycles. The lowest BCUT2D eigenvalue weighted by molar-refractivity contribution is -0.00833. The molecule has 0 amide bonds. The SMILES string of the molecule is CN=C(NCc1ccc(CN2CCN(C)CC2)cc1)N1CCOC(c2ccccc2C)C1.I. The van der Waals surface area contributed by atoms with Crippen LogP contribution in [0.3, 0.4) is 0 Å².